The third-order valence-electron chi connectivity index (χ3n) is 2.25. The van der Waals surface area contributed by atoms with Gasteiger partial charge in [-0.2, -0.15) is 0 Å². The van der Waals surface area contributed by atoms with Gasteiger partial charge in [-0.05, 0) is 24.1 Å². The highest BCUT2D eigenvalue weighted by atomic mass is 16.3. The van der Waals surface area contributed by atoms with E-state index in [9.17, 15) is 4.79 Å². The lowest BCUT2D eigenvalue weighted by molar-refractivity contribution is -0.116. The van der Waals surface area contributed by atoms with E-state index in [-0.39, 0.29) is 19.1 Å². The molecule has 0 atom stereocenters. The zero-order valence-electron chi connectivity index (χ0n) is 9.03. The summed E-state index contributed by atoms with van der Waals surface area (Å²) in [6, 6.07) is 5.61. The second kappa shape index (κ2) is 4.79. The van der Waals surface area contributed by atoms with Gasteiger partial charge in [0.05, 0.1) is 13.2 Å². The Hall–Kier alpha value is -1.55. The summed E-state index contributed by atoms with van der Waals surface area (Å²) < 4.78 is 0. The highest BCUT2D eigenvalue weighted by Gasteiger charge is 2.07. The molecule has 82 valence electrons. The third-order valence-corrected chi connectivity index (χ3v) is 2.25. The van der Waals surface area contributed by atoms with E-state index < -0.39 is 0 Å². The number of aliphatic hydroxyl groups is 1. The van der Waals surface area contributed by atoms with E-state index in [0.717, 1.165) is 16.8 Å². The molecule has 0 radical (unpaired) electrons. The largest absolute Gasteiger partial charge is 0.392 e. The van der Waals surface area contributed by atoms with Crippen molar-refractivity contribution in [2.75, 3.05) is 18.5 Å². The van der Waals surface area contributed by atoms with Gasteiger partial charge in [0.15, 0.2) is 0 Å². The van der Waals surface area contributed by atoms with Crippen LogP contribution in [0.1, 0.15) is 11.1 Å². The van der Waals surface area contributed by atoms with Crippen LogP contribution in [0.25, 0.3) is 0 Å². The van der Waals surface area contributed by atoms with E-state index >= 15 is 0 Å². The Bertz CT molecular complexity index is 364. The summed E-state index contributed by atoms with van der Waals surface area (Å²) in [5.74, 6) is -0.358. The minimum atomic E-state index is -0.358. The van der Waals surface area contributed by atoms with Crippen LogP contribution in [-0.2, 0) is 11.4 Å². The fraction of sp³-hybridized carbons (Fsp3) is 0.364. The molecule has 4 nitrogen and oxygen atoms in total. The Kier molecular flexibility index (Phi) is 3.68. The molecule has 0 spiro atoms. The van der Waals surface area contributed by atoms with Crippen LogP contribution in [0.2, 0.25) is 0 Å². The molecule has 0 fully saturated rings. The molecule has 0 bridgehead atoms. The molecule has 0 saturated carbocycles. The summed E-state index contributed by atoms with van der Waals surface area (Å²) in [5.41, 5.74) is 7.95. The Balaban J connectivity index is 2.90. The SMILES string of the molecule is Cc1cc(CO)ccc1N(C)CC(N)=O. The Morgan fingerprint density at radius 1 is 1.53 bits per heavy atom. The second-order valence-corrected chi connectivity index (χ2v) is 3.60. The van der Waals surface area contributed by atoms with Gasteiger partial charge in [-0.1, -0.05) is 12.1 Å². The highest BCUT2D eigenvalue weighted by molar-refractivity contribution is 5.79. The molecule has 0 unspecified atom stereocenters. The van der Waals surface area contributed by atoms with Crippen molar-refractivity contribution < 1.29 is 9.90 Å². The van der Waals surface area contributed by atoms with Crippen LogP contribution < -0.4 is 10.6 Å². The van der Waals surface area contributed by atoms with Crippen molar-refractivity contribution in [3.05, 3.63) is 29.3 Å². The van der Waals surface area contributed by atoms with Gasteiger partial charge in [-0.15, -0.1) is 0 Å². The zero-order valence-corrected chi connectivity index (χ0v) is 9.03. The fourth-order valence-corrected chi connectivity index (χ4v) is 1.56. The maximum Gasteiger partial charge on any atom is 0.236 e. The number of nitrogens with zero attached hydrogens (tertiary/aromatic N) is 1. The number of hydrogen-bond donors (Lipinski definition) is 2. The number of nitrogens with two attached hydrogens (primary N) is 1. The smallest absolute Gasteiger partial charge is 0.236 e. The molecule has 1 rings (SSSR count). The number of aryl methyl sites for hydroxylation is 1. The van der Waals surface area contributed by atoms with Gasteiger partial charge in [0.25, 0.3) is 0 Å². The van der Waals surface area contributed by atoms with Crippen LogP contribution >= 0.6 is 0 Å². The molecule has 0 aliphatic heterocycles. The first kappa shape index (κ1) is 11.5. The van der Waals surface area contributed by atoms with Crippen molar-refractivity contribution in [3.63, 3.8) is 0 Å². The van der Waals surface area contributed by atoms with Crippen LogP contribution in [0.4, 0.5) is 5.69 Å². The van der Waals surface area contributed by atoms with E-state index in [0.29, 0.717) is 0 Å². The molecule has 4 heteroatoms. The topological polar surface area (TPSA) is 66.6 Å². The number of aliphatic hydroxyl groups excluding tert-OH is 1. The van der Waals surface area contributed by atoms with E-state index in [1.807, 2.05) is 32.2 Å². The predicted molar refractivity (Wildman–Crippen MR) is 59.6 cm³/mol. The Labute approximate surface area is 89.3 Å². The highest BCUT2D eigenvalue weighted by Crippen LogP contribution is 2.19. The lowest BCUT2D eigenvalue weighted by Crippen LogP contribution is -2.30. The van der Waals surface area contributed by atoms with Crippen LogP contribution in [0.3, 0.4) is 0 Å². The second-order valence-electron chi connectivity index (χ2n) is 3.60. The summed E-state index contributed by atoms with van der Waals surface area (Å²) in [6.45, 7) is 2.16. The van der Waals surface area contributed by atoms with Crippen molar-refractivity contribution >= 4 is 11.6 Å². The molecule has 15 heavy (non-hydrogen) atoms. The summed E-state index contributed by atoms with van der Waals surface area (Å²) in [7, 11) is 1.81. The molecule has 0 aliphatic rings. The molecular formula is C11H16N2O2. The minimum Gasteiger partial charge on any atom is -0.392 e. The van der Waals surface area contributed by atoms with Crippen LogP contribution in [0.5, 0.6) is 0 Å². The van der Waals surface area contributed by atoms with Gasteiger partial charge in [0.2, 0.25) is 5.91 Å². The fourth-order valence-electron chi connectivity index (χ4n) is 1.56. The quantitative estimate of drug-likeness (QED) is 0.753. The van der Waals surface area contributed by atoms with Crippen LogP contribution in [0, 0.1) is 6.92 Å². The molecule has 3 N–H and O–H groups in total. The van der Waals surface area contributed by atoms with Crippen LogP contribution in [0.15, 0.2) is 18.2 Å². The van der Waals surface area contributed by atoms with E-state index in [1.54, 1.807) is 4.90 Å². The van der Waals surface area contributed by atoms with Gasteiger partial charge in [-0.3, -0.25) is 4.79 Å². The number of carbonyl (C=O) groups is 1. The van der Waals surface area contributed by atoms with Gasteiger partial charge >= 0.3 is 0 Å². The maximum atomic E-state index is 10.8. The number of benzene rings is 1. The molecule has 1 amide bonds. The summed E-state index contributed by atoms with van der Waals surface area (Å²) in [6.07, 6.45) is 0. The van der Waals surface area contributed by atoms with Gasteiger partial charge in [0.1, 0.15) is 0 Å². The number of carbonyl (C=O) groups excluding carboxylic acids is 1. The van der Waals surface area contributed by atoms with E-state index in [4.69, 9.17) is 10.8 Å². The first-order valence-electron chi connectivity index (χ1n) is 4.74. The first-order valence-corrected chi connectivity index (χ1v) is 4.74. The molecular weight excluding hydrogens is 192 g/mol. The zero-order chi connectivity index (χ0) is 11.4. The molecule has 1 aromatic carbocycles. The predicted octanol–water partition coefficient (Wildman–Crippen LogP) is 0.409. The number of rotatable bonds is 4. The van der Waals surface area contributed by atoms with Gasteiger partial charge in [-0.25, -0.2) is 0 Å². The number of hydrogen-bond acceptors (Lipinski definition) is 3. The lowest BCUT2D eigenvalue weighted by Gasteiger charge is -2.20. The monoisotopic (exact) mass is 208 g/mol. The minimum absolute atomic E-state index is 0.0284. The van der Waals surface area contributed by atoms with E-state index in [1.165, 1.54) is 0 Å². The summed E-state index contributed by atoms with van der Waals surface area (Å²) in [5, 5.41) is 8.95. The number of anilines is 1. The van der Waals surface area contributed by atoms with Crippen LogP contribution in [-0.4, -0.2) is 24.6 Å². The summed E-state index contributed by atoms with van der Waals surface area (Å²) in [4.78, 5) is 12.5. The van der Waals surface area contributed by atoms with Crippen molar-refractivity contribution in [2.24, 2.45) is 5.73 Å². The normalized spacial score (nSPS) is 10.1. The number of amides is 1. The van der Waals surface area contributed by atoms with E-state index in [2.05, 4.69) is 0 Å². The van der Waals surface area contributed by atoms with Crippen molar-refractivity contribution in [1.82, 2.24) is 0 Å². The average molecular weight is 208 g/mol. The standard InChI is InChI=1S/C11H16N2O2/c1-8-5-9(7-14)3-4-10(8)13(2)6-11(12)15/h3-5,14H,6-7H2,1-2H3,(H2,12,15). The van der Waals surface area contributed by atoms with Crippen molar-refractivity contribution in [1.29, 1.82) is 0 Å². The number of likely N-dealkylation sites (N-methyl/N-ethyl adjacent to an activating group) is 1. The molecule has 0 heterocycles. The number of primary amides is 1. The summed E-state index contributed by atoms with van der Waals surface area (Å²) >= 11 is 0. The van der Waals surface area contributed by atoms with Crippen molar-refractivity contribution in [3.8, 4) is 0 Å². The Morgan fingerprint density at radius 2 is 2.20 bits per heavy atom. The van der Waals surface area contributed by atoms with Gasteiger partial charge < -0.3 is 15.7 Å². The molecule has 1 aromatic rings. The van der Waals surface area contributed by atoms with Gasteiger partial charge in [0, 0.05) is 12.7 Å². The first-order chi connectivity index (χ1) is 7.04. The maximum absolute atomic E-state index is 10.8. The average Bonchev–Trinajstić information content (AvgIpc) is 2.16. The molecule has 0 aliphatic carbocycles. The third kappa shape index (κ3) is 2.95. The Morgan fingerprint density at radius 3 is 2.67 bits per heavy atom. The lowest BCUT2D eigenvalue weighted by atomic mass is 10.1. The molecule has 0 aromatic heterocycles. The molecule has 0 saturated heterocycles. The van der Waals surface area contributed by atoms with Crippen molar-refractivity contribution in [2.45, 2.75) is 13.5 Å².